The van der Waals surface area contributed by atoms with Crippen LogP contribution in [-0.2, 0) is 11.2 Å². The van der Waals surface area contributed by atoms with Gasteiger partial charge in [-0.05, 0) is 26.3 Å². The van der Waals surface area contributed by atoms with E-state index < -0.39 is 0 Å². The van der Waals surface area contributed by atoms with Crippen molar-refractivity contribution in [1.82, 2.24) is 15.6 Å². The van der Waals surface area contributed by atoms with Crippen molar-refractivity contribution in [2.75, 3.05) is 13.1 Å². The molecule has 2 atom stereocenters. The average Bonchev–Trinajstić information content (AvgIpc) is 2.82. The molecule has 0 aromatic carbocycles. The Morgan fingerprint density at radius 2 is 2.59 bits per heavy atom. The molecule has 2 heterocycles. The zero-order chi connectivity index (χ0) is 12.1. The predicted octanol–water partition coefficient (Wildman–Crippen LogP) is 1.19. The number of carbonyl (C=O) groups excluding carboxylic acids is 1. The molecule has 0 saturated carbocycles. The van der Waals surface area contributed by atoms with E-state index in [2.05, 4.69) is 22.5 Å². The molecule has 2 N–H and O–H groups in total. The van der Waals surface area contributed by atoms with Gasteiger partial charge in [0, 0.05) is 30.3 Å². The van der Waals surface area contributed by atoms with E-state index in [0.29, 0.717) is 12.6 Å². The van der Waals surface area contributed by atoms with Gasteiger partial charge in [-0.3, -0.25) is 4.79 Å². The number of nitrogens with one attached hydrogen (secondary N) is 2. The molecule has 2 unspecified atom stereocenters. The summed E-state index contributed by atoms with van der Waals surface area (Å²) < 4.78 is 0. The lowest BCUT2D eigenvalue weighted by atomic mass is 9.92. The van der Waals surface area contributed by atoms with Crippen molar-refractivity contribution in [1.29, 1.82) is 0 Å². The minimum absolute atomic E-state index is 0.182. The Hall–Kier alpha value is -0.940. The first kappa shape index (κ1) is 12.5. The van der Waals surface area contributed by atoms with E-state index in [4.69, 9.17) is 0 Å². The molecule has 1 amide bonds. The normalized spacial score (nSPS) is 24.5. The molecule has 1 saturated heterocycles. The van der Waals surface area contributed by atoms with Gasteiger partial charge in [-0.1, -0.05) is 0 Å². The lowest BCUT2D eigenvalue weighted by Crippen LogP contribution is -2.42. The summed E-state index contributed by atoms with van der Waals surface area (Å²) in [5, 5.41) is 8.39. The van der Waals surface area contributed by atoms with Crippen molar-refractivity contribution in [3.05, 3.63) is 16.6 Å². The van der Waals surface area contributed by atoms with Gasteiger partial charge < -0.3 is 10.6 Å². The van der Waals surface area contributed by atoms with Crippen LogP contribution < -0.4 is 10.6 Å². The zero-order valence-electron chi connectivity index (χ0n) is 10.1. The Labute approximate surface area is 106 Å². The van der Waals surface area contributed by atoms with Crippen LogP contribution in [0.2, 0.25) is 0 Å². The van der Waals surface area contributed by atoms with Crippen LogP contribution in [-0.4, -0.2) is 30.0 Å². The highest BCUT2D eigenvalue weighted by Crippen LogP contribution is 2.15. The van der Waals surface area contributed by atoms with Gasteiger partial charge in [-0.2, -0.15) is 0 Å². The number of hydrogen-bond acceptors (Lipinski definition) is 4. The highest BCUT2D eigenvalue weighted by molar-refractivity contribution is 7.07. The highest BCUT2D eigenvalue weighted by atomic mass is 32.1. The highest BCUT2D eigenvalue weighted by Gasteiger charge is 2.24. The molecule has 4 nitrogen and oxygen atoms in total. The predicted molar refractivity (Wildman–Crippen MR) is 69.0 cm³/mol. The Balaban J connectivity index is 1.70. The van der Waals surface area contributed by atoms with E-state index in [9.17, 15) is 4.79 Å². The van der Waals surface area contributed by atoms with E-state index in [-0.39, 0.29) is 11.8 Å². The fourth-order valence-corrected chi connectivity index (χ4v) is 2.78. The molecule has 1 aromatic rings. The van der Waals surface area contributed by atoms with Crippen molar-refractivity contribution in [3.8, 4) is 0 Å². The number of nitrogens with zero attached hydrogens (tertiary/aromatic N) is 1. The first-order valence-corrected chi connectivity index (χ1v) is 7.08. The van der Waals surface area contributed by atoms with Gasteiger partial charge >= 0.3 is 0 Å². The molecular weight excluding hydrogens is 234 g/mol. The van der Waals surface area contributed by atoms with Gasteiger partial charge in [0.05, 0.1) is 11.2 Å². The van der Waals surface area contributed by atoms with Crippen LogP contribution in [0.5, 0.6) is 0 Å². The Kier molecular flexibility index (Phi) is 4.50. The summed E-state index contributed by atoms with van der Waals surface area (Å²) in [4.78, 5) is 16.1. The fraction of sp³-hybridized carbons (Fsp3) is 0.667. The van der Waals surface area contributed by atoms with Crippen LogP contribution in [0.15, 0.2) is 10.9 Å². The molecule has 0 radical (unpaired) electrons. The molecule has 5 heteroatoms. The monoisotopic (exact) mass is 253 g/mol. The maximum Gasteiger partial charge on any atom is 0.223 e. The second-order valence-corrected chi connectivity index (χ2v) is 5.32. The topological polar surface area (TPSA) is 54.0 Å². The molecule has 0 aliphatic carbocycles. The second kappa shape index (κ2) is 6.12. The van der Waals surface area contributed by atoms with Crippen LogP contribution >= 0.6 is 11.3 Å². The minimum atomic E-state index is 0.182. The molecule has 17 heavy (non-hydrogen) atoms. The van der Waals surface area contributed by atoms with E-state index in [1.165, 1.54) is 0 Å². The lowest BCUT2D eigenvalue weighted by Gasteiger charge is -2.27. The average molecular weight is 253 g/mol. The van der Waals surface area contributed by atoms with Crippen molar-refractivity contribution < 1.29 is 4.79 Å². The first-order valence-electron chi connectivity index (χ1n) is 6.14. The molecule has 1 aliphatic rings. The maximum absolute atomic E-state index is 11.9. The number of carbonyl (C=O) groups is 1. The van der Waals surface area contributed by atoms with Crippen LogP contribution in [0, 0.1) is 5.92 Å². The van der Waals surface area contributed by atoms with Crippen LogP contribution in [0.3, 0.4) is 0 Å². The van der Waals surface area contributed by atoms with Crippen LogP contribution in [0.1, 0.15) is 25.5 Å². The molecule has 94 valence electrons. The van der Waals surface area contributed by atoms with E-state index in [1.54, 1.807) is 11.3 Å². The summed E-state index contributed by atoms with van der Waals surface area (Å²) in [5.74, 6) is 0.385. The number of rotatable bonds is 4. The Bertz CT molecular complexity index is 353. The molecule has 0 bridgehead atoms. The zero-order valence-corrected chi connectivity index (χ0v) is 10.9. The molecular formula is C12H19N3OS. The molecule has 1 aliphatic heterocycles. The van der Waals surface area contributed by atoms with E-state index in [0.717, 1.165) is 31.5 Å². The van der Waals surface area contributed by atoms with Crippen molar-refractivity contribution >= 4 is 17.2 Å². The van der Waals surface area contributed by atoms with Crippen LogP contribution in [0.4, 0.5) is 0 Å². The lowest BCUT2D eigenvalue weighted by molar-refractivity contribution is -0.126. The van der Waals surface area contributed by atoms with E-state index in [1.807, 2.05) is 10.9 Å². The number of aromatic nitrogens is 1. The first-order chi connectivity index (χ1) is 8.25. The number of hydrogen-bond donors (Lipinski definition) is 2. The van der Waals surface area contributed by atoms with Gasteiger partial charge in [0.1, 0.15) is 0 Å². The smallest absolute Gasteiger partial charge is 0.223 e. The maximum atomic E-state index is 11.9. The Morgan fingerprint density at radius 3 is 3.29 bits per heavy atom. The summed E-state index contributed by atoms with van der Waals surface area (Å²) in [6, 6.07) is 0.457. The van der Waals surface area contributed by atoms with Gasteiger partial charge in [0.15, 0.2) is 0 Å². The van der Waals surface area contributed by atoms with Gasteiger partial charge in [0.25, 0.3) is 0 Å². The molecule has 1 aromatic heterocycles. The Morgan fingerprint density at radius 1 is 1.71 bits per heavy atom. The molecule has 2 rings (SSSR count). The van der Waals surface area contributed by atoms with E-state index >= 15 is 0 Å². The summed E-state index contributed by atoms with van der Waals surface area (Å²) >= 11 is 1.59. The third-order valence-electron chi connectivity index (χ3n) is 3.16. The minimum Gasteiger partial charge on any atom is -0.355 e. The summed E-state index contributed by atoms with van der Waals surface area (Å²) in [6.45, 7) is 3.78. The number of thiazole rings is 1. The summed E-state index contributed by atoms with van der Waals surface area (Å²) in [5.41, 5.74) is 2.89. The number of amides is 1. The fourth-order valence-electron chi connectivity index (χ4n) is 2.19. The van der Waals surface area contributed by atoms with Crippen molar-refractivity contribution in [2.24, 2.45) is 5.92 Å². The van der Waals surface area contributed by atoms with Crippen LogP contribution in [0.25, 0.3) is 0 Å². The number of piperidine rings is 1. The van der Waals surface area contributed by atoms with Crippen molar-refractivity contribution in [2.45, 2.75) is 32.2 Å². The third kappa shape index (κ3) is 3.78. The van der Waals surface area contributed by atoms with Crippen molar-refractivity contribution in [3.63, 3.8) is 0 Å². The summed E-state index contributed by atoms with van der Waals surface area (Å²) in [6.07, 6.45) is 2.73. The largest absolute Gasteiger partial charge is 0.355 e. The molecule has 0 spiro atoms. The molecule has 1 fully saturated rings. The van der Waals surface area contributed by atoms with Gasteiger partial charge in [-0.15, -0.1) is 11.3 Å². The van der Waals surface area contributed by atoms with Gasteiger partial charge in [0.2, 0.25) is 5.91 Å². The second-order valence-electron chi connectivity index (χ2n) is 4.60. The van der Waals surface area contributed by atoms with Gasteiger partial charge in [-0.25, -0.2) is 4.98 Å². The third-order valence-corrected chi connectivity index (χ3v) is 3.79. The SMILES string of the molecule is CC1CC(C(=O)NCCc2cscn2)CCN1. The quantitative estimate of drug-likeness (QED) is 0.847. The summed E-state index contributed by atoms with van der Waals surface area (Å²) in [7, 11) is 0. The standard InChI is InChI=1S/C12H19N3OS/c1-9-6-10(2-4-13-9)12(16)14-5-3-11-7-17-8-15-11/h7-10,13H,2-6H2,1H3,(H,14,16).